The Bertz CT molecular complexity index is 919. The van der Waals surface area contributed by atoms with Crippen LogP contribution in [0.5, 0.6) is 0 Å². The number of aryl methyl sites for hydroxylation is 1. The number of carbonyl (C=O) groups is 1. The third kappa shape index (κ3) is 7.81. The number of carbonyl (C=O) groups excluding carboxylic acids is 1. The summed E-state index contributed by atoms with van der Waals surface area (Å²) < 4.78 is 46.6. The van der Waals surface area contributed by atoms with Crippen molar-refractivity contribution in [2.75, 3.05) is 6.54 Å². The van der Waals surface area contributed by atoms with E-state index in [0.29, 0.717) is 24.0 Å². The SMILES string of the molecule is CC(CCc1ccccc1)N(CC(O[Si](C)(C)C)c1ccc(C#N)cc1)C(=O)C(F)(F)F. The highest BCUT2D eigenvalue weighted by molar-refractivity contribution is 6.69. The number of rotatable bonds is 9. The van der Waals surface area contributed by atoms with Crippen molar-refractivity contribution in [1.29, 1.82) is 5.26 Å². The summed E-state index contributed by atoms with van der Waals surface area (Å²) in [7, 11) is -2.16. The second-order valence-electron chi connectivity index (χ2n) is 8.78. The molecule has 0 aromatic heterocycles. The highest BCUT2D eigenvalue weighted by atomic mass is 28.4. The Morgan fingerprint density at radius 2 is 1.69 bits per heavy atom. The quantitative estimate of drug-likeness (QED) is 0.439. The fourth-order valence-corrected chi connectivity index (χ4v) is 4.45. The van der Waals surface area contributed by atoms with E-state index >= 15 is 0 Å². The molecule has 0 saturated heterocycles. The minimum absolute atomic E-state index is 0.218. The molecule has 2 unspecified atom stereocenters. The van der Waals surface area contributed by atoms with Crippen molar-refractivity contribution in [3.8, 4) is 6.07 Å². The standard InChI is InChI=1S/C24H29F3N2O2Si/c1-18(10-11-19-8-6-5-7-9-19)29(23(30)24(25,26)27)17-22(31-32(2,3)4)21-14-12-20(16-28)13-15-21/h5-9,12-15,18,22H,10-11,17H2,1-4H3. The highest BCUT2D eigenvalue weighted by Crippen LogP contribution is 2.28. The normalized spacial score (nSPS) is 13.8. The minimum Gasteiger partial charge on any atom is -0.409 e. The van der Waals surface area contributed by atoms with Gasteiger partial charge < -0.3 is 9.33 Å². The van der Waals surface area contributed by atoms with Gasteiger partial charge in [-0.2, -0.15) is 18.4 Å². The molecule has 0 N–H and O–H groups in total. The predicted molar refractivity (Wildman–Crippen MR) is 120 cm³/mol. The van der Waals surface area contributed by atoms with Crippen LogP contribution in [0, 0.1) is 11.3 Å². The molecule has 172 valence electrons. The molecule has 0 radical (unpaired) electrons. The van der Waals surface area contributed by atoms with Gasteiger partial charge in [-0.25, -0.2) is 0 Å². The van der Waals surface area contributed by atoms with Crippen LogP contribution in [0.2, 0.25) is 19.6 Å². The summed E-state index contributed by atoms with van der Waals surface area (Å²) in [5, 5.41) is 9.03. The lowest BCUT2D eigenvalue weighted by molar-refractivity contribution is -0.189. The highest BCUT2D eigenvalue weighted by Gasteiger charge is 2.44. The molecule has 4 nitrogen and oxygen atoms in total. The van der Waals surface area contributed by atoms with Crippen molar-refractivity contribution in [2.45, 2.75) is 57.7 Å². The number of amides is 1. The van der Waals surface area contributed by atoms with Gasteiger partial charge in [0.1, 0.15) is 0 Å². The zero-order chi connectivity index (χ0) is 23.9. The minimum atomic E-state index is -4.98. The Balaban J connectivity index is 2.31. The lowest BCUT2D eigenvalue weighted by Crippen LogP contribution is -2.49. The molecule has 0 bridgehead atoms. The summed E-state index contributed by atoms with van der Waals surface area (Å²) in [4.78, 5) is 13.2. The van der Waals surface area contributed by atoms with E-state index < -0.39 is 32.5 Å². The average Bonchev–Trinajstić information content (AvgIpc) is 2.73. The Hall–Kier alpha value is -2.63. The molecule has 0 fully saturated rings. The van der Waals surface area contributed by atoms with Crippen molar-refractivity contribution in [2.24, 2.45) is 0 Å². The molecule has 2 aromatic carbocycles. The van der Waals surface area contributed by atoms with Gasteiger partial charge in [0.2, 0.25) is 0 Å². The van der Waals surface area contributed by atoms with Crippen molar-refractivity contribution >= 4 is 14.2 Å². The molecular weight excluding hydrogens is 433 g/mol. The molecule has 2 atom stereocenters. The van der Waals surface area contributed by atoms with E-state index in [9.17, 15) is 18.0 Å². The second kappa shape index (κ2) is 10.8. The maximum absolute atomic E-state index is 13.5. The van der Waals surface area contributed by atoms with Gasteiger partial charge in [-0.3, -0.25) is 4.79 Å². The molecular formula is C24H29F3N2O2Si. The van der Waals surface area contributed by atoms with Gasteiger partial charge in [-0.15, -0.1) is 0 Å². The first-order valence-electron chi connectivity index (χ1n) is 10.5. The van der Waals surface area contributed by atoms with Gasteiger partial charge in [0.15, 0.2) is 8.32 Å². The van der Waals surface area contributed by atoms with Gasteiger partial charge >= 0.3 is 12.1 Å². The Morgan fingerprint density at radius 3 is 2.19 bits per heavy atom. The monoisotopic (exact) mass is 462 g/mol. The van der Waals surface area contributed by atoms with Crippen LogP contribution in [0.3, 0.4) is 0 Å². The molecule has 0 saturated carbocycles. The van der Waals surface area contributed by atoms with E-state index in [4.69, 9.17) is 9.69 Å². The lowest BCUT2D eigenvalue weighted by atomic mass is 10.0. The van der Waals surface area contributed by atoms with Gasteiger partial charge in [0, 0.05) is 6.04 Å². The Labute approximate surface area is 188 Å². The van der Waals surface area contributed by atoms with Gasteiger partial charge in [0.05, 0.1) is 24.3 Å². The first-order chi connectivity index (χ1) is 14.9. The van der Waals surface area contributed by atoms with Crippen LogP contribution in [-0.2, 0) is 15.6 Å². The lowest BCUT2D eigenvalue weighted by Gasteiger charge is -2.35. The number of benzene rings is 2. The molecule has 0 aliphatic carbocycles. The van der Waals surface area contributed by atoms with E-state index in [-0.39, 0.29) is 6.54 Å². The number of alkyl halides is 3. The van der Waals surface area contributed by atoms with Gasteiger partial charge in [0.25, 0.3) is 0 Å². The van der Waals surface area contributed by atoms with Crippen LogP contribution >= 0.6 is 0 Å². The first kappa shape index (κ1) is 25.6. The van der Waals surface area contributed by atoms with Crippen LogP contribution in [-0.4, -0.2) is 37.9 Å². The topological polar surface area (TPSA) is 53.3 Å². The first-order valence-corrected chi connectivity index (χ1v) is 13.9. The molecule has 32 heavy (non-hydrogen) atoms. The van der Waals surface area contributed by atoms with Crippen LogP contribution in [0.25, 0.3) is 0 Å². The maximum atomic E-state index is 13.5. The number of hydrogen-bond acceptors (Lipinski definition) is 3. The third-order valence-electron chi connectivity index (χ3n) is 5.00. The molecule has 0 aliphatic rings. The smallest absolute Gasteiger partial charge is 0.409 e. The van der Waals surface area contributed by atoms with Crippen molar-refractivity contribution < 1.29 is 22.4 Å². The maximum Gasteiger partial charge on any atom is 0.471 e. The summed E-state index contributed by atoms with van der Waals surface area (Å²) in [5.41, 5.74) is 2.09. The van der Waals surface area contributed by atoms with Crippen molar-refractivity contribution in [3.05, 3.63) is 71.3 Å². The summed E-state index contributed by atoms with van der Waals surface area (Å²) >= 11 is 0. The molecule has 2 rings (SSSR count). The predicted octanol–water partition coefficient (Wildman–Crippen LogP) is 5.86. The largest absolute Gasteiger partial charge is 0.471 e. The third-order valence-corrected chi connectivity index (χ3v) is 5.99. The molecule has 8 heteroatoms. The van der Waals surface area contributed by atoms with Crippen LogP contribution in [0.4, 0.5) is 13.2 Å². The molecule has 0 heterocycles. The van der Waals surface area contributed by atoms with E-state index in [0.717, 1.165) is 10.5 Å². The molecule has 1 amide bonds. The summed E-state index contributed by atoms with van der Waals surface area (Å²) in [6.45, 7) is 7.25. The molecule has 0 aliphatic heterocycles. The van der Waals surface area contributed by atoms with Gasteiger partial charge in [-0.05, 0) is 62.7 Å². The zero-order valence-electron chi connectivity index (χ0n) is 18.8. The summed E-state index contributed by atoms with van der Waals surface area (Å²) in [5.74, 6) is -1.86. The van der Waals surface area contributed by atoms with E-state index in [1.54, 1.807) is 31.2 Å². The number of nitrogens with zero attached hydrogens (tertiary/aromatic N) is 2. The van der Waals surface area contributed by atoms with Gasteiger partial charge in [-0.1, -0.05) is 42.5 Å². The second-order valence-corrected chi connectivity index (χ2v) is 13.2. The van der Waals surface area contributed by atoms with Crippen molar-refractivity contribution in [1.82, 2.24) is 4.90 Å². The fraction of sp³-hybridized carbons (Fsp3) is 0.417. The van der Waals surface area contributed by atoms with Crippen LogP contribution < -0.4 is 0 Å². The zero-order valence-corrected chi connectivity index (χ0v) is 19.8. The van der Waals surface area contributed by atoms with Crippen LogP contribution in [0.1, 0.15) is 36.1 Å². The Kier molecular flexibility index (Phi) is 8.64. The van der Waals surface area contributed by atoms with E-state index in [2.05, 4.69) is 0 Å². The van der Waals surface area contributed by atoms with Crippen LogP contribution in [0.15, 0.2) is 54.6 Å². The fourth-order valence-electron chi connectivity index (χ4n) is 3.39. The summed E-state index contributed by atoms with van der Waals surface area (Å²) in [6, 6.07) is 17.4. The van der Waals surface area contributed by atoms with E-state index in [1.807, 2.05) is 56.0 Å². The molecule has 2 aromatic rings. The number of hydrogen-bond donors (Lipinski definition) is 0. The number of nitriles is 1. The summed E-state index contributed by atoms with van der Waals surface area (Å²) in [6.07, 6.45) is -4.76. The number of halogens is 3. The van der Waals surface area contributed by atoms with E-state index in [1.165, 1.54) is 0 Å². The average molecular weight is 463 g/mol. The Morgan fingerprint density at radius 1 is 1.09 bits per heavy atom. The van der Waals surface area contributed by atoms with Crippen molar-refractivity contribution in [3.63, 3.8) is 0 Å². The molecule has 0 spiro atoms.